The van der Waals surface area contributed by atoms with Crippen LogP contribution in [0.3, 0.4) is 0 Å². The molecule has 1 aliphatic rings. The number of benzene rings is 2. The number of urea groups is 1. The Hall–Kier alpha value is -2.57. The summed E-state index contributed by atoms with van der Waals surface area (Å²) < 4.78 is 0.963. The molecule has 0 unspecified atom stereocenters. The fourth-order valence-corrected chi connectivity index (χ4v) is 3.37. The molecule has 1 fully saturated rings. The zero-order valence-electron chi connectivity index (χ0n) is 13.4. The van der Waals surface area contributed by atoms with E-state index in [4.69, 9.17) is 11.6 Å². The fraction of sp³-hybridized carbons (Fsp3) is 0.0526. The smallest absolute Gasteiger partial charge is 0.329 e. The normalized spacial score (nSPS) is 15.9. The van der Waals surface area contributed by atoms with Gasteiger partial charge < -0.3 is 10.3 Å². The minimum absolute atomic E-state index is 0.194. The first kappa shape index (κ1) is 16.9. The van der Waals surface area contributed by atoms with Crippen LogP contribution < -0.4 is 5.32 Å². The minimum Gasteiger partial charge on any atom is -0.361 e. The van der Waals surface area contributed by atoms with Gasteiger partial charge >= 0.3 is 6.03 Å². The van der Waals surface area contributed by atoms with E-state index in [-0.39, 0.29) is 18.1 Å². The third-order valence-electron chi connectivity index (χ3n) is 4.19. The molecule has 7 heteroatoms. The first-order valence-corrected chi connectivity index (χ1v) is 9.04. The van der Waals surface area contributed by atoms with E-state index >= 15 is 0 Å². The number of nitrogens with zero attached hydrogens (tertiary/aromatic N) is 1. The van der Waals surface area contributed by atoms with Crippen LogP contribution in [0.1, 0.15) is 11.1 Å². The Bertz CT molecular complexity index is 1060. The van der Waals surface area contributed by atoms with Gasteiger partial charge in [-0.25, -0.2) is 4.79 Å². The summed E-state index contributed by atoms with van der Waals surface area (Å²) in [7, 11) is 0. The number of hydrogen-bond acceptors (Lipinski definition) is 2. The van der Waals surface area contributed by atoms with Crippen molar-refractivity contribution < 1.29 is 9.59 Å². The maximum Gasteiger partial charge on any atom is 0.329 e. The van der Waals surface area contributed by atoms with Gasteiger partial charge in [0.05, 0.1) is 6.54 Å². The SMILES string of the molecule is O=C1NC(=Cc2c[nH]c3cc(Br)ccc23)C(=O)N1Cc1ccc(Cl)cc1. The highest BCUT2D eigenvalue weighted by Gasteiger charge is 2.33. The molecule has 2 aromatic carbocycles. The number of amides is 3. The van der Waals surface area contributed by atoms with E-state index in [2.05, 4.69) is 26.2 Å². The third kappa shape index (κ3) is 3.13. The molecule has 0 spiro atoms. The monoisotopic (exact) mass is 429 g/mol. The van der Waals surface area contributed by atoms with Gasteiger partial charge in [-0.1, -0.05) is 45.7 Å². The van der Waals surface area contributed by atoms with Crippen molar-refractivity contribution >= 4 is 56.4 Å². The van der Waals surface area contributed by atoms with Gasteiger partial charge in [0, 0.05) is 32.2 Å². The lowest BCUT2D eigenvalue weighted by molar-refractivity contribution is -0.123. The molecular formula is C19H13BrClN3O2. The molecule has 130 valence electrons. The van der Waals surface area contributed by atoms with E-state index in [1.54, 1.807) is 30.3 Å². The van der Waals surface area contributed by atoms with Crippen molar-refractivity contribution in [2.75, 3.05) is 0 Å². The van der Waals surface area contributed by atoms with Gasteiger partial charge in [0.15, 0.2) is 0 Å². The first-order chi connectivity index (χ1) is 12.5. The fourth-order valence-electron chi connectivity index (χ4n) is 2.88. The van der Waals surface area contributed by atoms with Crippen molar-refractivity contribution in [3.63, 3.8) is 0 Å². The van der Waals surface area contributed by atoms with Crippen molar-refractivity contribution in [1.82, 2.24) is 15.2 Å². The summed E-state index contributed by atoms with van der Waals surface area (Å²) >= 11 is 9.30. The lowest BCUT2D eigenvalue weighted by atomic mass is 10.1. The number of halogens is 2. The highest BCUT2D eigenvalue weighted by molar-refractivity contribution is 9.10. The molecule has 1 aliphatic heterocycles. The van der Waals surface area contributed by atoms with E-state index in [0.29, 0.717) is 5.02 Å². The maximum atomic E-state index is 12.6. The summed E-state index contributed by atoms with van der Waals surface area (Å²) in [6, 6.07) is 12.5. The Morgan fingerprint density at radius 1 is 1.12 bits per heavy atom. The average molecular weight is 431 g/mol. The summed E-state index contributed by atoms with van der Waals surface area (Å²) in [5.41, 5.74) is 2.87. The second-order valence-electron chi connectivity index (χ2n) is 5.94. The summed E-state index contributed by atoms with van der Waals surface area (Å²) in [5, 5.41) is 4.23. The van der Waals surface area contributed by atoms with E-state index in [1.165, 1.54) is 4.90 Å². The second kappa shape index (κ2) is 6.63. The number of aromatic nitrogens is 1. The summed E-state index contributed by atoms with van der Waals surface area (Å²) in [6.45, 7) is 0.194. The highest BCUT2D eigenvalue weighted by Crippen LogP contribution is 2.25. The molecule has 3 amide bonds. The Kier molecular flexibility index (Phi) is 4.30. The quantitative estimate of drug-likeness (QED) is 0.468. The van der Waals surface area contributed by atoms with Crippen molar-refractivity contribution in [2.24, 2.45) is 0 Å². The van der Waals surface area contributed by atoms with Crippen molar-refractivity contribution in [3.05, 3.63) is 75.0 Å². The molecule has 0 bridgehead atoms. The van der Waals surface area contributed by atoms with Crippen LogP contribution in [0.15, 0.2) is 58.8 Å². The largest absolute Gasteiger partial charge is 0.361 e. The molecule has 3 aromatic rings. The number of imide groups is 1. The molecule has 0 saturated carbocycles. The zero-order chi connectivity index (χ0) is 18.3. The second-order valence-corrected chi connectivity index (χ2v) is 7.29. The Morgan fingerprint density at radius 3 is 2.65 bits per heavy atom. The summed E-state index contributed by atoms with van der Waals surface area (Å²) in [6.07, 6.45) is 3.50. The molecule has 5 nitrogen and oxygen atoms in total. The molecule has 1 aromatic heterocycles. The standard InChI is InChI=1S/C19H13BrClN3O2/c20-13-3-6-15-12(9-22-16(15)8-13)7-17-18(25)24(19(26)23-17)10-11-1-4-14(21)5-2-11/h1-9,22H,10H2,(H,23,26). The van der Waals surface area contributed by atoms with Crippen molar-refractivity contribution in [2.45, 2.75) is 6.54 Å². The number of aromatic amines is 1. The zero-order valence-corrected chi connectivity index (χ0v) is 15.8. The molecule has 0 radical (unpaired) electrons. The first-order valence-electron chi connectivity index (χ1n) is 7.87. The van der Waals surface area contributed by atoms with Crippen molar-refractivity contribution in [3.8, 4) is 0 Å². The lowest BCUT2D eigenvalue weighted by Crippen LogP contribution is -2.30. The number of hydrogen-bond donors (Lipinski definition) is 2. The summed E-state index contributed by atoms with van der Waals surface area (Å²) in [5.74, 6) is -0.351. The third-order valence-corrected chi connectivity index (χ3v) is 4.94. The molecular weight excluding hydrogens is 418 g/mol. The van der Waals surface area contributed by atoms with E-state index in [0.717, 1.165) is 26.5 Å². The van der Waals surface area contributed by atoms with Crippen LogP contribution >= 0.6 is 27.5 Å². The lowest BCUT2D eigenvalue weighted by Gasteiger charge is -2.11. The van der Waals surface area contributed by atoms with Gasteiger partial charge in [-0.05, 0) is 35.9 Å². The molecule has 0 atom stereocenters. The van der Waals surface area contributed by atoms with E-state index in [9.17, 15) is 9.59 Å². The van der Waals surface area contributed by atoms with Gasteiger partial charge in [0.1, 0.15) is 5.70 Å². The molecule has 4 rings (SSSR count). The van der Waals surface area contributed by atoms with Gasteiger partial charge in [-0.2, -0.15) is 0 Å². The van der Waals surface area contributed by atoms with E-state index < -0.39 is 6.03 Å². The van der Waals surface area contributed by atoms with Crippen LogP contribution in [0, 0.1) is 0 Å². The van der Waals surface area contributed by atoms with Gasteiger partial charge in [-0.3, -0.25) is 9.69 Å². The van der Waals surface area contributed by atoms with Crippen LogP contribution in [0.4, 0.5) is 4.79 Å². The van der Waals surface area contributed by atoms with Crippen LogP contribution in [0.2, 0.25) is 5.02 Å². The predicted molar refractivity (Wildman–Crippen MR) is 105 cm³/mol. The van der Waals surface area contributed by atoms with Crippen molar-refractivity contribution in [1.29, 1.82) is 0 Å². The predicted octanol–water partition coefficient (Wildman–Crippen LogP) is 4.68. The molecule has 0 aliphatic carbocycles. The summed E-state index contributed by atoms with van der Waals surface area (Å²) in [4.78, 5) is 29.2. The van der Waals surface area contributed by atoms with Crippen LogP contribution in [-0.4, -0.2) is 21.8 Å². The number of H-pyrrole nitrogens is 1. The van der Waals surface area contributed by atoms with Gasteiger partial charge in [0.2, 0.25) is 0 Å². The average Bonchev–Trinajstić information content (AvgIpc) is 3.12. The molecule has 2 N–H and O–H groups in total. The molecule has 1 saturated heterocycles. The highest BCUT2D eigenvalue weighted by atomic mass is 79.9. The van der Waals surface area contributed by atoms with Crippen LogP contribution in [0.25, 0.3) is 17.0 Å². The Labute approximate surface area is 162 Å². The number of fused-ring (bicyclic) bond motifs is 1. The topological polar surface area (TPSA) is 65.2 Å². The number of carbonyl (C=O) groups excluding carboxylic acids is 2. The Balaban J connectivity index is 1.61. The molecule has 26 heavy (non-hydrogen) atoms. The molecule has 2 heterocycles. The van der Waals surface area contributed by atoms with Gasteiger partial charge in [-0.15, -0.1) is 0 Å². The van der Waals surface area contributed by atoms with Crippen LogP contribution in [-0.2, 0) is 11.3 Å². The minimum atomic E-state index is -0.432. The number of nitrogens with one attached hydrogen (secondary N) is 2. The Morgan fingerprint density at radius 2 is 1.88 bits per heavy atom. The van der Waals surface area contributed by atoms with Gasteiger partial charge in [0.25, 0.3) is 5.91 Å². The van der Waals surface area contributed by atoms with Crippen LogP contribution in [0.5, 0.6) is 0 Å². The number of carbonyl (C=O) groups is 2. The van der Waals surface area contributed by atoms with E-state index in [1.807, 2.05) is 24.4 Å². The number of rotatable bonds is 3. The maximum absolute atomic E-state index is 12.6.